The number of anilines is 1. The molecule has 1 heterocycles. The van der Waals surface area contributed by atoms with E-state index in [0.29, 0.717) is 10.6 Å². The van der Waals surface area contributed by atoms with E-state index >= 15 is 0 Å². The molecule has 0 radical (unpaired) electrons. The number of rotatable bonds is 4. The molecule has 28 heavy (non-hydrogen) atoms. The second kappa shape index (κ2) is 17.7. The van der Waals surface area contributed by atoms with Gasteiger partial charge in [0.05, 0.1) is 4.88 Å². The molecule has 0 aliphatic rings. The lowest BCUT2D eigenvalue weighted by atomic mass is 10.2. The van der Waals surface area contributed by atoms with Crippen molar-refractivity contribution in [2.24, 2.45) is 0 Å². The molecule has 1 aromatic heterocycles. The van der Waals surface area contributed by atoms with E-state index in [1.165, 1.54) is 17.4 Å². The van der Waals surface area contributed by atoms with E-state index in [0.717, 1.165) is 10.1 Å². The summed E-state index contributed by atoms with van der Waals surface area (Å²) in [6.45, 7) is 15.1. The normalized spacial score (nSPS) is 9.39. The Hall–Kier alpha value is -2.70. The number of nitrogens with one attached hydrogen (secondary N) is 2. The highest BCUT2D eigenvalue weighted by Gasteiger charge is 2.09. The lowest BCUT2D eigenvalue weighted by molar-refractivity contribution is -0.111. The largest absolute Gasteiger partial charge is 0.322 e. The van der Waals surface area contributed by atoms with Gasteiger partial charge in [0.1, 0.15) is 0 Å². The number of amides is 2. The van der Waals surface area contributed by atoms with Gasteiger partial charge in [-0.2, -0.15) is 0 Å². The second-order valence-electron chi connectivity index (χ2n) is 4.59. The van der Waals surface area contributed by atoms with E-state index in [9.17, 15) is 9.59 Å². The fraction of sp³-hybridized carbons (Fsp3) is 0.273. The molecule has 2 amide bonds. The maximum Gasteiger partial charge on any atom is 0.284 e. The van der Waals surface area contributed by atoms with Gasteiger partial charge in [0.25, 0.3) is 5.91 Å². The molecule has 0 saturated heterocycles. The van der Waals surface area contributed by atoms with Gasteiger partial charge in [0, 0.05) is 16.5 Å². The predicted octanol–water partition coefficient (Wildman–Crippen LogP) is 6.34. The van der Waals surface area contributed by atoms with Crippen LogP contribution < -0.4 is 10.8 Å². The summed E-state index contributed by atoms with van der Waals surface area (Å²) < 4.78 is 0.899. The van der Waals surface area contributed by atoms with Gasteiger partial charge in [-0.05, 0) is 43.5 Å². The number of fused-ring (bicyclic) bond motifs is 1. The standard InChI is InChI=1S/C15H14N2O3S.C3H6.2C2H6/c1-2-3-4-5-14(18)16-11-6-7-12-10(8-11)9-13(21-12)15(19)17-20;1-3-2;2*1-2/h2-9,20H,1H3,(H,16,18)(H,17,19);3H,1H2,2H3;2*1-2H3/b3-2+,5-4+;;;. The van der Waals surface area contributed by atoms with Crippen molar-refractivity contribution >= 4 is 38.9 Å². The number of hydrogen-bond acceptors (Lipinski definition) is 4. The van der Waals surface area contributed by atoms with Gasteiger partial charge < -0.3 is 5.32 Å². The van der Waals surface area contributed by atoms with Crippen molar-refractivity contribution in [3.05, 3.63) is 66.1 Å². The van der Waals surface area contributed by atoms with Crippen LogP contribution in [-0.4, -0.2) is 17.0 Å². The molecule has 0 spiro atoms. The van der Waals surface area contributed by atoms with E-state index < -0.39 is 5.91 Å². The summed E-state index contributed by atoms with van der Waals surface area (Å²) in [5.41, 5.74) is 2.25. The summed E-state index contributed by atoms with van der Waals surface area (Å²) in [4.78, 5) is 23.4. The summed E-state index contributed by atoms with van der Waals surface area (Å²) >= 11 is 1.27. The van der Waals surface area contributed by atoms with Gasteiger partial charge in [-0.1, -0.05) is 52.0 Å². The van der Waals surface area contributed by atoms with Crippen molar-refractivity contribution in [2.75, 3.05) is 5.32 Å². The molecule has 0 aliphatic carbocycles. The quantitative estimate of drug-likeness (QED) is 0.183. The third-order valence-electron chi connectivity index (χ3n) is 2.66. The molecule has 0 saturated carbocycles. The van der Waals surface area contributed by atoms with Crippen LogP contribution in [0.2, 0.25) is 0 Å². The molecule has 0 atom stereocenters. The molecule has 0 bridgehead atoms. The molecule has 0 aliphatic heterocycles. The van der Waals surface area contributed by atoms with Gasteiger partial charge in [0.2, 0.25) is 5.91 Å². The average molecular weight is 405 g/mol. The number of allylic oxidation sites excluding steroid dienone is 4. The number of carbonyl (C=O) groups excluding carboxylic acids is 2. The molecular weight excluding hydrogens is 372 g/mol. The summed E-state index contributed by atoms with van der Waals surface area (Å²) in [6.07, 6.45) is 8.43. The molecule has 5 nitrogen and oxygen atoms in total. The number of thiophene rings is 1. The molecule has 3 N–H and O–H groups in total. The number of hydroxylamine groups is 1. The van der Waals surface area contributed by atoms with Crippen molar-refractivity contribution in [3.8, 4) is 0 Å². The smallest absolute Gasteiger partial charge is 0.284 e. The Balaban J connectivity index is 0. The number of hydrogen-bond donors (Lipinski definition) is 3. The van der Waals surface area contributed by atoms with Gasteiger partial charge in [-0.3, -0.25) is 14.8 Å². The Morgan fingerprint density at radius 3 is 2.21 bits per heavy atom. The minimum atomic E-state index is -0.545. The minimum absolute atomic E-state index is 0.226. The molecule has 1 aromatic carbocycles. The fourth-order valence-electron chi connectivity index (χ4n) is 1.73. The summed E-state index contributed by atoms with van der Waals surface area (Å²) in [6, 6.07) is 7.03. The van der Waals surface area contributed by atoms with Gasteiger partial charge in [-0.25, -0.2) is 5.48 Å². The Kier molecular flexibility index (Phi) is 17.4. The van der Waals surface area contributed by atoms with Crippen LogP contribution in [0.1, 0.15) is 51.2 Å². The van der Waals surface area contributed by atoms with Crippen LogP contribution in [0, 0.1) is 0 Å². The first-order chi connectivity index (χ1) is 13.5. The Bertz CT molecular complexity index is 777. The summed E-state index contributed by atoms with van der Waals surface area (Å²) in [5.74, 6) is -0.771. The summed E-state index contributed by atoms with van der Waals surface area (Å²) in [7, 11) is 0. The van der Waals surface area contributed by atoms with Crippen LogP contribution in [0.3, 0.4) is 0 Å². The van der Waals surface area contributed by atoms with E-state index in [4.69, 9.17) is 5.21 Å². The first-order valence-corrected chi connectivity index (χ1v) is 10.0. The molecule has 2 rings (SSSR count). The zero-order valence-electron chi connectivity index (χ0n) is 17.6. The van der Waals surface area contributed by atoms with Crippen molar-refractivity contribution < 1.29 is 14.8 Å². The fourth-order valence-corrected chi connectivity index (χ4v) is 2.66. The van der Waals surface area contributed by atoms with Crippen molar-refractivity contribution in [2.45, 2.75) is 41.5 Å². The molecular formula is C22H32N2O3S. The molecule has 154 valence electrons. The van der Waals surface area contributed by atoms with Crippen molar-refractivity contribution in [3.63, 3.8) is 0 Å². The van der Waals surface area contributed by atoms with Gasteiger partial charge in [-0.15, -0.1) is 17.9 Å². The number of benzene rings is 1. The second-order valence-corrected chi connectivity index (χ2v) is 5.67. The summed E-state index contributed by atoms with van der Waals surface area (Å²) in [5, 5.41) is 12.2. The monoisotopic (exact) mass is 404 g/mol. The first kappa shape index (κ1) is 27.5. The van der Waals surface area contributed by atoms with Crippen LogP contribution >= 0.6 is 11.3 Å². The molecule has 6 heteroatoms. The number of carbonyl (C=O) groups is 2. The lowest BCUT2D eigenvalue weighted by Crippen LogP contribution is -2.16. The van der Waals surface area contributed by atoms with Gasteiger partial charge >= 0.3 is 0 Å². The Morgan fingerprint density at radius 1 is 1.07 bits per heavy atom. The minimum Gasteiger partial charge on any atom is -0.322 e. The van der Waals surface area contributed by atoms with Crippen LogP contribution in [0.4, 0.5) is 5.69 Å². The van der Waals surface area contributed by atoms with E-state index in [2.05, 4.69) is 11.9 Å². The maximum absolute atomic E-state index is 11.7. The van der Waals surface area contributed by atoms with Crippen LogP contribution in [0.5, 0.6) is 0 Å². The Morgan fingerprint density at radius 2 is 1.68 bits per heavy atom. The van der Waals surface area contributed by atoms with Gasteiger partial charge in [0.15, 0.2) is 0 Å². The van der Waals surface area contributed by atoms with E-state index in [-0.39, 0.29) is 5.91 Å². The van der Waals surface area contributed by atoms with Crippen LogP contribution in [-0.2, 0) is 4.79 Å². The maximum atomic E-state index is 11.7. The highest BCUT2D eigenvalue weighted by atomic mass is 32.1. The van der Waals surface area contributed by atoms with Crippen LogP contribution in [0.25, 0.3) is 10.1 Å². The topological polar surface area (TPSA) is 78.4 Å². The van der Waals surface area contributed by atoms with E-state index in [1.807, 2.05) is 53.7 Å². The molecule has 0 fully saturated rings. The highest BCUT2D eigenvalue weighted by Crippen LogP contribution is 2.28. The SMILES string of the molecule is C/C=C/C=C/C(=O)Nc1ccc2sc(C(=O)NO)cc2c1.C=CC.CC.CC. The highest BCUT2D eigenvalue weighted by molar-refractivity contribution is 7.20. The molecule has 0 unspecified atom stereocenters. The van der Waals surface area contributed by atoms with E-state index in [1.54, 1.807) is 41.9 Å². The third kappa shape index (κ3) is 10.4. The predicted molar refractivity (Wildman–Crippen MR) is 122 cm³/mol. The zero-order valence-corrected chi connectivity index (χ0v) is 18.4. The van der Waals surface area contributed by atoms with Crippen LogP contribution in [0.15, 0.2) is 61.2 Å². The van der Waals surface area contributed by atoms with Crippen molar-refractivity contribution in [1.29, 1.82) is 0 Å². The van der Waals surface area contributed by atoms with Crippen molar-refractivity contribution in [1.82, 2.24) is 5.48 Å². The lowest BCUT2D eigenvalue weighted by Gasteiger charge is -2.01. The zero-order chi connectivity index (χ0) is 21.9. The Labute approximate surface area is 172 Å². The molecule has 2 aromatic rings. The third-order valence-corrected chi connectivity index (χ3v) is 3.78. The average Bonchev–Trinajstić information content (AvgIpc) is 3.14. The first-order valence-electron chi connectivity index (χ1n) is 9.21.